The highest BCUT2D eigenvalue weighted by molar-refractivity contribution is 7.89. The number of rotatable bonds is 4. The quantitative estimate of drug-likeness (QED) is 0.906. The van der Waals surface area contributed by atoms with Crippen LogP contribution in [0.4, 0.5) is 10.1 Å². The van der Waals surface area contributed by atoms with Crippen molar-refractivity contribution in [1.82, 2.24) is 4.31 Å². The van der Waals surface area contributed by atoms with E-state index in [0.717, 1.165) is 21.5 Å². The fourth-order valence-electron chi connectivity index (χ4n) is 2.34. The second-order valence-electron chi connectivity index (χ2n) is 6.11. The summed E-state index contributed by atoms with van der Waals surface area (Å²) in [7, 11) is -0.745. The van der Waals surface area contributed by atoms with Crippen LogP contribution in [-0.2, 0) is 10.0 Å². The molecule has 1 N–H and O–H groups in total. The topological polar surface area (TPSA) is 66.5 Å². The molecule has 0 atom stereocenters. The molecule has 0 spiro atoms. The fourth-order valence-corrected chi connectivity index (χ4v) is 3.36. The van der Waals surface area contributed by atoms with Crippen molar-refractivity contribution < 1.29 is 17.6 Å². The SMILES string of the molecule is Cc1ccc(F)cc1C(=O)Nc1cc(S(=O)(=O)N(C)C)cc(C)c1C. The van der Waals surface area contributed by atoms with Crippen molar-refractivity contribution in [2.45, 2.75) is 25.7 Å². The Balaban J connectivity index is 2.48. The number of halogens is 1. The number of hydrogen-bond donors (Lipinski definition) is 1. The number of carbonyl (C=O) groups is 1. The highest BCUT2D eigenvalue weighted by Gasteiger charge is 2.20. The van der Waals surface area contributed by atoms with E-state index in [-0.39, 0.29) is 10.5 Å². The number of anilines is 1. The van der Waals surface area contributed by atoms with Crippen LogP contribution < -0.4 is 5.32 Å². The van der Waals surface area contributed by atoms with Gasteiger partial charge < -0.3 is 5.32 Å². The summed E-state index contributed by atoms with van der Waals surface area (Å²) < 4.78 is 39.3. The third-order valence-electron chi connectivity index (χ3n) is 4.11. The highest BCUT2D eigenvalue weighted by Crippen LogP contribution is 2.26. The Hall–Kier alpha value is -2.25. The molecule has 7 heteroatoms. The molecule has 0 saturated heterocycles. The molecular formula is C18H21FN2O3S. The van der Waals surface area contributed by atoms with Crippen molar-refractivity contribution in [3.8, 4) is 0 Å². The number of benzene rings is 2. The Bertz CT molecular complexity index is 938. The lowest BCUT2D eigenvalue weighted by molar-refractivity contribution is 0.102. The Morgan fingerprint density at radius 3 is 2.28 bits per heavy atom. The van der Waals surface area contributed by atoms with E-state index >= 15 is 0 Å². The molecule has 0 saturated carbocycles. The van der Waals surface area contributed by atoms with Crippen molar-refractivity contribution >= 4 is 21.6 Å². The molecule has 0 aliphatic carbocycles. The monoisotopic (exact) mass is 364 g/mol. The van der Waals surface area contributed by atoms with Crippen LogP contribution >= 0.6 is 0 Å². The lowest BCUT2D eigenvalue weighted by Crippen LogP contribution is -2.23. The van der Waals surface area contributed by atoms with Gasteiger partial charge in [-0.1, -0.05) is 6.07 Å². The number of nitrogens with zero attached hydrogens (tertiary/aromatic N) is 1. The van der Waals surface area contributed by atoms with Crippen molar-refractivity contribution in [2.24, 2.45) is 0 Å². The Kier molecular flexibility index (Phi) is 5.29. The average Bonchev–Trinajstić information content (AvgIpc) is 2.53. The summed E-state index contributed by atoms with van der Waals surface area (Å²) in [4.78, 5) is 12.6. The first kappa shape index (κ1) is 19.1. The number of sulfonamides is 1. The molecule has 0 aromatic heterocycles. The Labute approximate surface area is 147 Å². The molecule has 0 radical (unpaired) electrons. The van der Waals surface area contributed by atoms with E-state index in [1.807, 2.05) is 0 Å². The zero-order chi connectivity index (χ0) is 18.9. The standard InChI is InChI=1S/C18H21FN2O3S/c1-11-6-7-14(19)9-16(11)18(22)20-17-10-15(8-12(2)13(17)3)25(23,24)21(4)5/h6-10H,1-5H3,(H,20,22). The van der Waals surface area contributed by atoms with E-state index in [9.17, 15) is 17.6 Å². The Morgan fingerprint density at radius 1 is 1.04 bits per heavy atom. The van der Waals surface area contributed by atoms with E-state index in [4.69, 9.17) is 0 Å². The molecule has 2 aromatic carbocycles. The second kappa shape index (κ2) is 6.93. The minimum absolute atomic E-state index is 0.0897. The van der Waals surface area contributed by atoms with Crippen LogP contribution in [0, 0.1) is 26.6 Å². The second-order valence-corrected chi connectivity index (χ2v) is 8.27. The van der Waals surface area contributed by atoms with Crippen LogP contribution in [0.3, 0.4) is 0 Å². The zero-order valence-corrected chi connectivity index (χ0v) is 15.7. The fraction of sp³-hybridized carbons (Fsp3) is 0.278. The third kappa shape index (κ3) is 3.88. The number of hydrogen-bond acceptors (Lipinski definition) is 3. The number of carbonyl (C=O) groups excluding carboxylic acids is 1. The molecule has 2 rings (SSSR count). The first-order chi connectivity index (χ1) is 11.5. The zero-order valence-electron chi connectivity index (χ0n) is 14.8. The minimum atomic E-state index is -3.63. The van der Waals surface area contributed by atoms with Gasteiger partial charge in [0, 0.05) is 25.3 Å². The van der Waals surface area contributed by atoms with E-state index in [0.29, 0.717) is 11.3 Å². The molecule has 25 heavy (non-hydrogen) atoms. The smallest absolute Gasteiger partial charge is 0.256 e. The minimum Gasteiger partial charge on any atom is -0.322 e. The van der Waals surface area contributed by atoms with Crippen LogP contribution in [-0.4, -0.2) is 32.7 Å². The molecule has 0 fully saturated rings. The van der Waals surface area contributed by atoms with Gasteiger partial charge in [0.05, 0.1) is 4.90 Å². The van der Waals surface area contributed by atoms with Gasteiger partial charge in [0.15, 0.2) is 0 Å². The lowest BCUT2D eigenvalue weighted by atomic mass is 10.1. The van der Waals surface area contributed by atoms with Crippen LogP contribution in [0.25, 0.3) is 0 Å². The third-order valence-corrected chi connectivity index (χ3v) is 5.90. The van der Waals surface area contributed by atoms with Crippen molar-refractivity contribution in [3.05, 3.63) is 58.4 Å². The van der Waals surface area contributed by atoms with E-state index in [1.54, 1.807) is 26.8 Å². The van der Waals surface area contributed by atoms with Crippen molar-refractivity contribution in [1.29, 1.82) is 0 Å². The normalized spacial score (nSPS) is 11.6. The van der Waals surface area contributed by atoms with Gasteiger partial charge >= 0.3 is 0 Å². The van der Waals surface area contributed by atoms with Crippen molar-refractivity contribution in [2.75, 3.05) is 19.4 Å². The predicted octanol–water partition coefficient (Wildman–Crippen LogP) is 3.25. The van der Waals surface area contributed by atoms with E-state index < -0.39 is 21.7 Å². The molecule has 2 aromatic rings. The van der Waals surface area contributed by atoms with Crippen LogP contribution in [0.5, 0.6) is 0 Å². The summed E-state index contributed by atoms with van der Waals surface area (Å²) >= 11 is 0. The van der Waals surface area contributed by atoms with Gasteiger partial charge in [-0.15, -0.1) is 0 Å². The molecule has 0 aliphatic rings. The number of amides is 1. The van der Waals surface area contributed by atoms with E-state index in [2.05, 4.69) is 5.32 Å². The highest BCUT2D eigenvalue weighted by atomic mass is 32.2. The summed E-state index contributed by atoms with van der Waals surface area (Å²) in [6.07, 6.45) is 0. The molecule has 0 aliphatic heterocycles. The summed E-state index contributed by atoms with van der Waals surface area (Å²) in [5, 5.41) is 2.70. The molecular weight excluding hydrogens is 343 g/mol. The molecule has 1 amide bonds. The molecule has 0 heterocycles. The van der Waals surface area contributed by atoms with Gasteiger partial charge in [0.2, 0.25) is 10.0 Å². The molecule has 0 bridgehead atoms. The van der Waals surface area contributed by atoms with Crippen LogP contribution in [0.2, 0.25) is 0 Å². The maximum Gasteiger partial charge on any atom is 0.256 e. The maximum atomic E-state index is 13.4. The van der Waals surface area contributed by atoms with E-state index in [1.165, 1.54) is 32.3 Å². The first-order valence-electron chi connectivity index (χ1n) is 7.65. The maximum absolute atomic E-state index is 13.4. The van der Waals surface area contributed by atoms with Gasteiger partial charge in [-0.2, -0.15) is 0 Å². The lowest BCUT2D eigenvalue weighted by Gasteiger charge is -2.17. The van der Waals surface area contributed by atoms with Gasteiger partial charge in [-0.05, 0) is 61.7 Å². The molecule has 0 unspecified atom stereocenters. The Morgan fingerprint density at radius 2 is 1.68 bits per heavy atom. The average molecular weight is 364 g/mol. The van der Waals surface area contributed by atoms with Crippen LogP contribution in [0.15, 0.2) is 35.2 Å². The van der Waals surface area contributed by atoms with Gasteiger partial charge in [-0.25, -0.2) is 17.1 Å². The van der Waals surface area contributed by atoms with Crippen molar-refractivity contribution in [3.63, 3.8) is 0 Å². The van der Waals surface area contributed by atoms with Crippen LogP contribution in [0.1, 0.15) is 27.0 Å². The largest absolute Gasteiger partial charge is 0.322 e. The summed E-state index contributed by atoms with van der Waals surface area (Å²) in [5.74, 6) is -0.994. The summed E-state index contributed by atoms with van der Waals surface area (Å²) in [6.45, 7) is 5.27. The summed E-state index contributed by atoms with van der Waals surface area (Å²) in [6, 6.07) is 6.95. The summed E-state index contributed by atoms with van der Waals surface area (Å²) in [5.41, 5.74) is 2.70. The van der Waals surface area contributed by atoms with Gasteiger partial charge in [0.25, 0.3) is 5.91 Å². The first-order valence-corrected chi connectivity index (χ1v) is 9.09. The molecule has 5 nitrogen and oxygen atoms in total. The number of aryl methyl sites for hydroxylation is 2. The predicted molar refractivity (Wildman–Crippen MR) is 95.9 cm³/mol. The molecule has 134 valence electrons. The van der Waals surface area contributed by atoms with Gasteiger partial charge in [-0.3, -0.25) is 4.79 Å². The number of nitrogens with one attached hydrogen (secondary N) is 1. The van der Waals surface area contributed by atoms with Gasteiger partial charge in [0.1, 0.15) is 5.82 Å².